The van der Waals surface area contributed by atoms with Gasteiger partial charge < -0.3 is 9.84 Å². The van der Waals surface area contributed by atoms with E-state index in [0.29, 0.717) is 12.7 Å². The highest BCUT2D eigenvalue weighted by Gasteiger charge is 2.54. The quantitative estimate of drug-likeness (QED) is 0.747. The number of fused-ring (bicyclic) bond motifs is 1. The summed E-state index contributed by atoms with van der Waals surface area (Å²) in [5, 5.41) is 9.56. The maximum Gasteiger partial charge on any atom is 0.0582 e. The standard InChI is InChI=1S/C12H20O2/c13-8-12(5-9-4-10(9)6-12)7-11-2-1-3-14-11/h9-11,13H,1-8H2. The van der Waals surface area contributed by atoms with Crippen molar-refractivity contribution in [1.29, 1.82) is 0 Å². The van der Waals surface area contributed by atoms with Gasteiger partial charge in [-0.05, 0) is 55.8 Å². The summed E-state index contributed by atoms with van der Waals surface area (Å²) in [6, 6.07) is 0. The van der Waals surface area contributed by atoms with Gasteiger partial charge in [-0.1, -0.05) is 0 Å². The Hall–Kier alpha value is -0.0800. The molecule has 3 atom stereocenters. The van der Waals surface area contributed by atoms with Crippen LogP contribution in [0.4, 0.5) is 0 Å². The molecule has 2 saturated carbocycles. The van der Waals surface area contributed by atoms with Gasteiger partial charge in [-0.3, -0.25) is 0 Å². The molecule has 1 heterocycles. The Morgan fingerprint density at radius 3 is 2.64 bits per heavy atom. The Morgan fingerprint density at radius 1 is 1.29 bits per heavy atom. The van der Waals surface area contributed by atoms with E-state index in [1.54, 1.807) is 0 Å². The molecule has 14 heavy (non-hydrogen) atoms. The smallest absolute Gasteiger partial charge is 0.0582 e. The van der Waals surface area contributed by atoms with Crippen LogP contribution in [-0.2, 0) is 4.74 Å². The Bertz CT molecular complexity index is 210. The summed E-state index contributed by atoms with van der Waals surface area (Å²) < 4.78 is 5.68. The van der Waals surface area contributed by atoms with Crippen LogP contribution in [0.3, 0.4) is 0 Å². The molecule has 80 valence electrons. The molecule has 1 N–H and O–H groups in total. The summed E-state index contributed by atoms with van der Waals surface area (Å²) in [4.78, 5) is 0. The minimum Gasteiger partial charge on any atom is -0.396 e. The first-order chi connectivity index (χ1) is 6.81. The Morgan fingerprint density at radius 2 is 2.07 bits per heavy atom. The molecule has 2 nitrogen and oxygen atoms in total. The molecular formula is C12H20O2. The zero-order valence-corrected chi connectivity index (χ0v) is 8.74. The summed E-state index contributed by atoms with van der Waals surface area (Å²) in [5.74, 6) is 1.92. The number of aliphatic hydroxyl groups is 1. The lowest BCUT2D eigenvalue weighted by Crippen LogP contribution is -2.28. The van der Waals surface area contributed by atoms with Gasteiger partial charge in [0.25, 0.3) is 0 Å². The fourth-order valence-electron chi connectivity index (χ4n) is 3.65. The van der Waals surface area contributed by atoms with Crippen LogP contribution in [0.5, 0.6) is 0 Å². The van der Waals surface area contributed by atoms with Gasteiger partial charge in [-0.25, -0.2) is 0 Å². The molecule has 2 heteroatoms. The van der Waals surface area contributed by atoms with Crippen LogP contribution < -0.4 is 0 Å². The number of ether oxygens (including phenoxy) is 1. The van der Waals surface area contributed by atoms with Gasteiger partial charge in [-0.2, -0.15) is 0 Å². The monoisotopic (exact) mass is 196 g/mol. The highest BCUT2D eigenvalue weighted by Crippen LogP contribution is 2.61. The summed E-state index contributed by atoms with van der Waals surface area (Å²) in [7, 11) is 0. The van der Waals surface area contributed by atoms with E-state index in [2.05, 4.69) is 0 Å². The van der Waals surface area contributed by atoms with Crippen molar-refractivity contribution in [2.24, 2.45) is 17.3 Å². The fraction of sp³-hybridized carbons (Fsp3) is 1.00. The third kappa shape index (κ3) is 1.49. The third-order valence-corrected chi connectivity index (χ3v) is 4.48. The van der Waals surface area contributed by atoms with E-state index < -0.39 is 0 Å². The van der Waals surface area contributed by atoms with Crippen molar-refractivity contribution in [3.63, 3.8) is 0 Å². The van der Waals surface area contributed by atoms with Crippen LogP contribution in [0.2, 0.25) is 0 Å². The van der Waals surface area contributed by atoms with Gasteiger partial charge in [0.1, 0.15) is 0 Å². The molecule has 0 bridgehead atoms. The second-order valence-corrected chi connectivity index (χ2v) is 5.66. The predicted octanol–water partition coefficient (Wildman–Crippen LogP) is 1.96. The van der Waals surface area contributed by atoms with Crippen molar-refractivity contribution < 1.29 is 9.84 Å². The molecule has 1 aliphatic heterocycles. The van der Waals surface area contributed by atoms with E-state index in [1.807, 2.05) is 0 Å². The van der Waals surface area contributed by atoms with Gasteiger partial charge in [-0.15, -0.1) is 0 Å². The molecule has 0 aromatic heterocycles. The molecule has 1 saturated heterocycles. The number of hydrogen-bond donors (Lipinski definition) is 1. The topological polar surface area (TPSA) is 29.5 Å². The average molecular weight is 196 g/mol. The Kier molecular flexibility index (Phi) is 2.10. The number of rotatable bonds is 3. The average Bonchev–Trinajstić information content (AvgIpc) is 2.68. The van der Waals surface area contributed by atoms with Crippen LogP contribution in [-0.4, -0.2) is 24.4 Å². The van der Waals surface area contributed by atoms with Gasteiger partial charge >= 0.3 is 0 Å². The lowest BCUT2D eigenvalue weighted by Gasteiger charge is -2.31. The lowest BCUT2D eigenvalue weighted by atomic mass is 9.78. The zero-order valence-electron chi connectivity index (χ0n) is 8.74. The fourth-order valence-corrected chi connectivity index (χ4v) is 3.65. The summed E-state index contributed by atoms with van der Waals surface area (Å²) in [6.07, 6.45) is 8.00. The highest BCUT2D eigenvalue weighted by atomic mass is 16.5. The summed E-state index contributed by atoms with van der Waals surface area (Å²) in [5.41, 5.74) is 0.253. The van der Waals surface area contributed by atoms with Crippen LogP contribution in [0.1, 0.15) is 38.5 Å². The molecule has 0 radical (unpaired) electrons. The van der Waals surface area contributed by atoms with E-state index in [9.17, 15) is 5.11 Å². The molecule has 3 fully saturated rings. The molecule has 0 aromatic carbocycles. The van der Waals surface area contributed by atoms with Crippen molar-refractivity contribution in [3.05, 3.63) is 0 Å². The van der Waals surface area contributed by atoms with Crippen molar-refractivity contribution in [1.82, 2.24) is 0 Å². The van der Waals surface area contributed by atoms with Gasteiger partial charge in [0.15, 0.2) is 0 Å². The van der Waals surface area contributed by atoms with Gasteiger partial charge in [0.05, 0.1) is 6.10 Å². The second-order valence-electron chi connectivity index (χ2n) is 5.66. The van der Waals surface area contributed by atoms with E-state index in [0.717, 1.165) is 24.9 Å². The van der Waals surface area contributed by atoms with Crippen molar-refractivity contribution >= 4 is 0 Å². The van der Waals surface area contributed by atoms with Crippen LogP contribution >= 0.6 is 0 Å². The highest BCUT2D eigenvalue weighted by molar-refractivity contribution is 5.04. The van der Waals surface area contributed by atoms with Crippen LogP contribution in [0, 0.1) is 17.3 Å². The molecular weight excluding hydrogens is 176 g/mol. The molecule has 0 spiro atoms. The van der Waals surface area contributed by atoms with Crippen molar-refractivity contribution in [3.8, 4) is 0 Å². The Labute approximate surface area is 85.6 Å². The van der Waals surface area contributed by atoms with E-state index in [1.165, 1.54) is 32.1 Å². The first-order valence-electron chi connectivity index (χ1n) is 6.04. The van der Waals surface area contributed by atoms with Gasteiger partial charge in [0.2, 0.25) is 0 Å². The first-order valence-corrected chi connectivity index (χ1v) is 6.04. The second kappa shape index (κ2) is 3.21. The number of hydrogen-bond acceptors (Lipinski definition) is 2. The minimum absolute atomic E-state index is 0.253. The summed E-state index contributed by atoms with van der Waals surface area (Å²) >= 11 is 0. The maximum absolute atomic E-state index is 9.56. The molecule has 3 aliphatic rings. The minimum atomic E-state index is 0.253. The Balaban J connectivity index is 1.62. The van der Waals surface area contributed by atoms with E-state index in [-0.39, 0.29) is 5.41 Å². The van der Waals surface area contributed by atoms with E-state index in [4.69, 9.17) is 4.74 Å². The molecule has 3 rings (SSSR count). The number of aliphatic hydroxyl groups excluding tert-OH is 1. The molecule has 3 unspecified atom stereocenters. The zero-order chi connectivity index (χ0) is 9.60. The molecule has 2 aliphatic carbocycles. The van der Waals surface area contributed by atoms with Gasteiger partial charge in [0, 0.05) is 13.2 Å². The van der Waals surface area contributed by atoms with Crippen molar-refractivity contribution in [2.45, 2.75) is 44.6 Å². The normalized spacial score (nSPS) is 50.8. The summed E-state index contributed by atoms with van der Waals surface area (Å²) in [6.45, 7) is 1.33. The van der Waals surface area contributed by atoms with E-state index >= 15 is 0 Å². The SMILES string of the molecule is OCC1(CC2CCCO2)CC2CC2C1. The lowest BCUT2D eigenvalue weighted by molar-refractivity contribution is 0.0271. The molecule has 0 aromatic rings. The third-order valence-electron chi connectivity index (χ3n) is 4.48. The van der Waals surface area contributed by atoms with Crippen molar-refractivity contribution in [2.75, 3.05) is 13.2 Å². The first kappa shape index (κ1) is 9.17. The predicted molar refractivity (Wildman–Crippen MR) is 53.9 cm³/mol. The van der Waals surface area contributed by atoms with Crippen LogP contribution in [0.15, 0.2) is 0 Å². The largest absolute Gasteiger partial charge is 0.396 e. The van der Waals surface area contributed by atoms with Crippen LogP contribution in [0.25, 0.3) is 0 Å². The maximum atomic E-state index is 9.56. The molecule has 0 amide bonds.